The van der Waals surface area contributed by atoms with Gasteiger partial charge >= 0.3 is 0 Å². The average molecular weight is 234 g/mol. The average Bonchev–Trinajstić information content (AvgIpc) is 2.22. The van der Waals surface area contributed by atoms with E-state index in [1.807, 2.05) is 0 Å². The number of halogens is 1. The van der Waals surface area contributed by atoms with Crippen LogP contribution in [0.1, 0.15) is 39.5 Å². The zero-order valence-electron chi connectivity index (χ0n) is 10.2. The smallest absolute Gasteiger partial charge is 0.0613 e. The van der Waals surface area contributed by atoms with E-state index >= 15 is 0 Å². The van der Waals surface area contributed by atoms with E-state index in [0.29, 0.717) is 11.9 Å². The maximum absolute atomic E-state index is 6.13. The normalized spacial score (nSPS) is 34.0. The lowest BCUT2D eigenvalue weighted by Gasteiger charge is -2.40. The van der Waals surface area contributed by atoms with E-state index in [2.05, 4.69) is 19.2 Å². The molecule has 15 heavy (non-hydrogen) atoms. The third-order valence-corrected chi connectivity index (χ3v) is 3.97. The topological polar surface area (TPSA) is 21.3 Å². The molecule has 1 aliphatic carbocycles. The van der Waals surface area contributed by atoms with E-state index in [1.54, 1.807) is 7.11 Å². The number of alkyl halides is 1. The Kier molecular flexibility index (Phi) is 5.37. The molecule has 1 saturated carbocycles. The summed E-state index contributed by atoms with van der Waals surface area (Å²) in [6.45, 7) is 5.25. The van der Waals surface area contributed by atoms with Gasteiger partial charge in [0.2, 0.25) is 0 Å². The van der Waals surface area contributed by atoms with Crippen molar-refractivity contribution in [2.24, 2.45) is 5.92 Å². The Morgan fingerprint density at radius 2 is 2.07 bits per heavy atom. The van der Waals surface area contributed by atoms with Crippen LogP contribution in [-0.2, 0) is 4.74 Å². The SMILES string of the molecule is COCC(C)NC1(CCl)CCC(C)CC1. The summed E-state index contributed by atoms with van der Waals surface area (Å²) in [5, 5.41) is 3.65. The minimum absolute atomic E-state index is 0.159. The Morgan fingerprint density at radius 3 is 2.53 bits per heavy atom. The van der Waals surface area contributed by atoms with Gasteiger partial charge in [0, 0.05) is 24.6 Å². The molecule has 1 fully saturated rings. The molecular weight excluding hydrogens is 210 g/mol. The molecule has 0 radical (unpaired) electrons. The lowest BCUT2D eigenvalue weighted by molar-refractivity contribution is 0.134. The molecule has 0 aromatic heterocycles. The highest BCUT2D eigenvalue weighted by molar-refractivity contribution is 6.18. The number of rotatable bonds is 5. The zero-order chi connectivity index (χ0) is 11.3. The molecule has 0 aromatic carbocycles. The van der Waals surface area contributed by atoms with Crippen LogP contribution < -0.4 is 5.32 Å². The maximum Gasteiger partial charge on any atom is 0.0613 e. The molecule has 1 rings (SSSR count). The molecule has 1 unspecified atom stereocenters. The second-order valence-electron chi connectivity index (χ2n) is 5.10. The molecule has 0 saturated heterocycles. The van der Waals surface area contributed by atoms with Gasteiger partial charge in [0.25, 0.3) is 0 Å². The fourth-order valence-electron chi connectivity index (χ4n) is 2.45. The standard InChI is InChI=1S/C12H24ClNO/c1-10-4-6-12(9-13,7-5-10)14-11(2)8-15-3/h10-11,14H,4-9H2,1-3H3. The van der Waals surface area contributed by atoms with E-state index in [1.165, 1.54) is 25.7 Å². The second kappa shape index (κ2) is 6.07. The van der Waals surface area contributed by atoms with Crippen molar-refractivity contribution in [1.82, 2.24) is 5.32 Å². The molecule has 3 heteroatoms. The third-order valence-electron chi connectivity index (χ3n) is 3.46. The highest BCUT2D eigenvalue weighted by atomic mass is 35.5. The molecule has 0 bridgehead atoms. The van der Waals surface area contributed by atoms with Gasteiger partial charge in [0.1, 0.15) is 0 Å². The van der Waals surface area contributed by atoms with Crippen molar-refractivity contribution >= 4 is 11.6 Å². The van der Waals surface area contributed by atoms with Crippen LogP contribution >= 0.6 is 11.6 Å². The van der Waals surface area contributed by atoms with E-state index < -0.39 is 0 Å². The van der Waals surface area contributed by atoms with Gasteiger partial charge in [-0.2, -0.15) is 0 Å². The highest BCUT2D eigenvalue weighted by Crippen LogP contribution is 2.33. The summed E-state index contributed by atoms with van der Waals surface area (Å²) in [4.78, 5) is 0. The first-order valence-corrected chi connectivity index (χ1v) is 6.48. The van der Waals surface area contributed by atoms with Gasteiger partial charge in [-0.15, -0.1) is 11.6 Å². The van der Waals surface area contributed by atoms with E-state index in [-0.39, 0.29) is 5.54 Å². The van der Waals surface area contributed by atoms with Crippen LogP contribution in [0.5, 0.6) is 0 Å². The van der Waals surface area contributed by atoms with Gasteiger partial charge in [-0.3, -0.25) is 0 Å². The predicted molar refractivity (Wildman–Crippen MR) is 65.6 cm³/mol. The van der Waals surface area contributed by atoms with Crippen LogP contribution in [0.25, 0.3) is 0 Å². The summed E-state index contributed by atoms with van der Waals surface area (Å²) >= 11 is 6.13. The fourth-order valence-corrected chi connectivity index (χ4v) is 2.79. The van der Waals surface area contributed by atoms with Gasteiger partial charge in [0.15, 0.2) is 0 Å². The Hall–Kier alpha value is 0.210. The number of ether oxygens (including phenoxy) is 1. The van der Waals surface area contributed by atoms with E-state index in [4.69, 9.17) is 16.3 Å². The Morgan fingerprint density at radius 1 is 1.47 bits per heavy atom. The van der Waals surface area contributed by atoms with Crippen molar-refractivity contribution < 1.29 is 4.74 Å². The summed E-state index contributed by atoms with van der Waals surface area (Å²) in [5.74, 6) is 1.58. The molecule has 1 atom stereocenters. The van der Waals surface area contributed by atoms with Crippen molar-refractivity contribution in [3.63, 3.8) is 0 Å². The Labute approximate surface area is 98.7 Å². The maximum atomic E-state index is 6.13. The first-order chi connectivity index (χ1) is 7.12. The molecule has 2 nitrogen and oxygen atoms in total. The molecule has 1 aliphatic rings. The van der Waals surface area contributed by atoms with Gasteiger partial charge in [-0.05, 0) is 38.5 Å². The summed E-state index contributed by atoms with van der Waals surface area (Å²) in [5.41, 5.74) is 0.159. The van der Waals surface area contributed by atoms with Crippen molar-refractivity contribution in [2.45, 2.75) is 51.1 Å². The number of nitrogens with one attached hydrogen (secondary N) is 1. The van der Waals surface area contributed by atoms with Crippen molar-refractivity contribution in [1.29, 1.82) is 0 Å². The van der Waals surface area contributed by atoms with Gasteiger partial charge in [-0.1, -0.05) is 6.92 Å². The van der Waals surface area contributed by atoms with Crippen LogP contribution in [0.15, 0.2) is 0 Å². The summed E-state index contributed by atoms with van der Waals surface area (Å²) in [6.07, 6.45) is 4.98. The molecule has 0 amide bonds. The lowest BCUT2D eigenvalue weighted by Crippen LogP contribution is -2.54. The summed E-state index contributed by atoms with van der Waals surface area (Å²) in [7, 11) is 1.74. The fraction of sp³-hybridized carbons (Fsp3) is 1.00. The van der Waals surface area contributed by atoms with Crippen LogP contribution in [-0.4, -0.2) is 31.2 Å². The quantitative estimate of drug-likeness (QED) is 0.738. The second-order valence-corrected chi connectivity index (χ2v) is 5.36. The van der Waals surface area contributed by atoms with Crippen LogP contribution in [0.4, 0.5) is 0 Å². The summed E-state index contributed by atoms with van der Waals surface area (Å²) in [6, 6.07) is 0.391. The van der Waals surface area contributed by atoms with Crippen molar-refractivity contribution in [3.05, 3.63) is 0 Å². The van der Waals surface area contributed by atoms with Crippen molar-refractivity contribution in [2.75, 3.05) is 19.6 Å². The summed E-state index contributed by atoms with van der Waals surface area (Å²) < 4.78 is 5.15. The minimum atomic E-state index is 0.159. The molecule has 0 heterocycles. The van der Waals surface area contributed by atoms with E-state index in [9.17, 15) is 0 Å². The lowest BCUT2D eigenvalue weighted by atomic mass is 9.78. The molecule has 0 aromatic rings. The third kappa shape index (κ3) is 3.93. The first kappa shape index (κ1) is 13.3. The number of hydrogen-bond donors (Lipinski definition) is 1. The predicted octanol–water partition coefficient (Wildman–Crippen LogP) is 2.80. The number of hydrogen-bond acceptors (Lipinski definition) is 2. The molecule has 90 valence electrons. The molecule has 0 spiro atoms. The zero-order valence-corrected chi connectivity index (χ0v) is 10.9. The Balaban J connectivity index is 2.46. The van der Waals surface area contributed by atoms with Crippen LogP contribution in [0.3, 0.4) is 0 Å². The monoisotopic (exact) mass is 233 g/mol. The largest absolute Gasteiger partial charge is 0.383 e. The number of methoxy groups -OCH3 is 1. The van der Waals surface area contributed by atoms with Crippen LogP contribution in [0.2, 0.25) is 0 Å². The minimum Gasteiger partial charge on any atom is -0.383 e. The first-order valence-electron chi connectivity index (χ1n) is 5.94. The van der Waals surface area contributed by atoms with Gasteiger partial charge in [0.05, 0.1) is 6.61 Å². The Bertz CT molecular complexity index is 178. The highest BCUT2D eigenvalue weighted by Gasteiger charge is 2.34. The molecular formula is C12H24ClNO. The van der Waals surface area contributed by atoms with Crippen molar-refractivity contribution in [3.8, 4) is 0 Å². The van der Waals surface area contributed by atoms with Crippen LogP contribution in [0, 0.1) is 5.92 Å². The van der Waals surface area contributed by atoms with Gasteiger partial charge < -0.3 is 10.1 Å². The van der Waals surface area contributed by atoms with E-state index in [0.717, 1.165) is 12.5 Å². The molecule has 0 aliphatic heterocycles. The molecule has 1 N–H and O–H groups in total. The van der Waals surface area contributed by atoms with Gasteiger partial charge in [-0.25, -0.2) is 0 Å².